The number of carbonyl (C=O) groups is 1. The van der Waals surface area contributed by atoms with E-state index in [1.54, 1.807) is 0 Å². The summed E-state index contributed by atoms with van der Waals surface area (Å²) >= 11 is 0. The Morgan fingerprint density at radius 2 is 2.18 bits per heavy atom. The number of nitrogens with zero attached hydrogens (tertiary/aromatic N) is 1. The van der Waals surface area contributed by atoms with Crippen molar-refractivity contribution >= 4 is 5.91 Å². The van der Waals surface area contributed by atoms with Crippen molar-refractivity contribution in [1.29, 1.82) is 0 Å². The molecule has 0 bridgehead atoms. The highest BCUT2D eigenvalue weighted by Gasteiger charge is 2.16. The van der Waals surface area contributed by atoms with Crippen LogP contribution in [0.3, 0.4) is 0 Å². The predicted octanol–water partition coefficient (Wildman–Crippen LogP) is 0.185. The second kappa shape index (κ2) is 7.31. The molecular formula is C13H23N3O. The highest BCUT2D eigenvalue weighted by atomic mass is 16.2. The van der Waals surface area contributed by atoms with Gasteiger partial charge in [-0.05, 0) is 31.8 Å². The SMILES string of the molecule is C#CCC(N)C(=O)NCC(C)CN1CCCC1. The average Bonchev–Trinajstić information content (AvgIpc) is 2.79. The number of rotatable bonds is 6. The van der Waals surface area contributed by atoms with E-state index >= 15 is 0 Å². The molecule has 4 nitrogen and oxygen atoms in total. The Labute approximate surface area is 104 Å². The molecule has 0 saturated carbocycles. The first-order valence-corrected chi connectivity index (χ1v) is 6.32. The standard InChI is InChI=1S/C13H23N3O/c1-3-6-12(14)13(17)15-9-11(2)10-16-7-4-5-8-16/h1,11-12H,4-10,14H2,2H3,(H,15,17). The van der Waals surface area contributed by atoms with E-state index in [4.69, 9.17) is 12.2 Å². The van der Waals surface area contributed by atoms with Crippen LogP contribution in [-0.4, -0.2) is 43.0 Å². The Balaban J connectivity index is 2.16. The summed E-state index contributed by atoms with van der Waals surface area (Å²) in [5.74, 6) is 2.71. The van der Waals surface area contributed by atoms with Crippen LogP contribution < -0.4 is 11.1 Å². The minimum Gasteiger partial charge on any atom is -0.354 e. The number of carbonyl (C=O) groups excluding carboxylic acids is 1. The lowest BCUT2D eigenvalue weighted by Gasteiger charge is -2.21. The number of hydrogen-bond acceptors (Lipinski definition) is 3. The van der Waals surface area contributed by atoms with Crippen molar-refractivity contribution in [2.45, 2.75) is 32.2 Å². The number of nitrogens with one attached hydrogen (secondary N) is 1. The van der Waals surface area contributed by atoms with E-state index < -0.39 is 6.04 Å². The van der Waals surface area contributed by atoms with E-state index in [9.17, 15) is 4.79 Å². The molecule has 1 fully saturated rings. The highest BCUT2D eigenvalue weighted by Crippen LogP contribution is 2.09. The molecule has 2 unspecified atom stereocenters. The number of nitrogens with two attached hydrogens (primary N) is 1. The number of likely N-dealkylation sites (tertiary alicyclic amines) is 1. The van der Waals surface area contributed by atoms with Gasteiger partial charge in [0.25, 0.3) is 0 Å². The fraction of sp³-hybridized carbons (Fsp3) is 0.769. The van der Waals surface area contributed by atoms with Crippen LogP contribution in [0, 0.1) is 18.3 Å². The van der Waals surface area contributed by atoms with Crippen LogP contribution in [0.4, 0.5) is 0 Å². The summed E-state index contributed by atoms with van der Waals surface area (Å²) in [5, 5.41) is 2.85. The van der Waals surface area contributed by atoms with Crippen LogP contribution in [0.2, 0.25) is 0 Å². The summed E-state index contributed by atoms with van der Waals surface area (Å²) in [6.07, 6.45) is 8.01. The number of hydrogen-bond donors (Lipinski definition) is 2. The summed E-state index contributed by atoms with van der Waals surface area (Å²) in [6.45, 7) is 6.24. The van der Waals surface area contributed by atoms with Gasteiger partial charge in [-0.3, -0.25) is 4.79 Å². The molecule has 1 aliphatic rings. The summed E-state index contributed by atoms with van der Waals surface area (Å²) in [4.78, 5) is 14.0. The lowest BCUT2D eigenvalue weighted by Crippen LogP contribution is -2.43. The Morgan fingerprint density at radius 1 is 1.53 bits per heavy atom. The lowest BCUT2D eigenvalue weighted by atomic mass is 10.1. The van der Waals surface area contributed by atoms with Crippen LogP contribution in [-0.2, 0) is 4.79 Å². The summed E-state index contributed by atoms with van der Waals surface area (Å²) in [5.41, 5.74) is 5.61. The molecule has 1 aliphatic heterocycles. The first-order valence-electron chi connectivity index (χ1n) is 6.32. The maximum Gasteiger partial charge on any atom is 0.237 e. The zero-order valence-corrected chi connectivity index (χ0v) is 10.6. The summed E-state index contributed by atoms with van der Waals surface area (Å²) < 4.78 is 0. The third kappa shape index (κ3) is 5.20. The quantitative estimate of drug-likeness (QED) is 0.648. The van der Waals surface area contributed by atoms with Crippen molar-refractivity contribution in [3.63, 3.8) is 0 Å². The van der Waals surface area contributed by atoms with Crippen molar-refractivity contribution in [3.05, 3.63) is 0 Å². The van der Waals surface area contributed by atoms with E-state index in [2.05, 4.69) is 23.1 Å². The Bertz CT molecular complexity index is 279. The van der Waals surface area contributed by atoms with Gasteiger partial charge in [0.1, 0.15) is 0 Å². The van der Waals surface area contributed by atoms with Gasteiger partial charge >= 0.3 is 0 Å². The van der Waals surface area contributed by atoms with Crippen molar-refractivity contribution < 1.29 is 4.79 Å². The second-order valence-corrected chi connectivity index (χ2v) is 4.87. The van der Waals surface area contributed by atoms with Gasteiger partial charge < -0.3 is 16.0 Å². The predicted molar refractivity (Wildman–Crippen MR) is 69.3 cm³/mol. The molecule has 0 aliphatic carbocycles. The van der Waals surface area contributed by atoms with Crippen molar-refractivity contribution in [2.24, 2.45) is 11.7 Å². The topological polar surface area (TPSA) is 58.4 Å². The summed E-state index contributed by atoms with van der Waals surface area (Å²) in [6, 6.07) is -0.570. The van der Waals surface area contributed by atoms with Gasteiger partial charge in [0.05, 0.1) is 6.04 Å². The monoisotopic (exact) mass is 237 g/mol. The van der Waals surface area contributed by atoms with Gasteiger partial charge in [0.15, 0.2) is 0 Å². The van der Waals surface area contributed by atoms with Crippen LogP contribution in [0.25, 0.3) is 0 Å². The third-order valence-electron chi connectivity index (χ3n) is 3.07. The number of terminal acetylenes is 1. The molecule has 1 rings (SSSR count). The summed E-state index contributed by atoms with van der Waals surface area (Å²) in [7, 11) is 0. The zero-order chi connectivity index (χ0) is 12.7. The zero-order valence-electron chi connectivity index (χ0n) is 10.6. The molecule has 1 saturated heterocycles. The molecule has 0 spiro atoms. The van der Waals surface area contributed by atoms with Gasteiger partial charge in [-0.15, -0.1) is 12.3 Å². The van der Waals surface area contributed by atoms with Crippen molar-refractivity contribution in [2.75, 3.05) is 26.2 Å². The molecule has 0 radical (unpaired) electrons. The van der Waals surface area contributed by atoms with E-state index in [0.29, 0.717) is 18.9 Å². The van der Waals surface area contributed by atoms with Crippen LogP contribution in [0.1, 0.15) is 26.2 Å². The van der Waals surface area contributed by atoms with Gasteiger partial charge in [0.2, 0.25) is 5.91 Å². The molecular weight excluding hydrogens is 214 g/mol. The van der Waals surface area contributed by atoms with Crippen LogP contribution in [0.5, 0.6) is 0 Å². The maximum atomic E-state index is 11.5. The molecule has 3 N–H and O–H groups in total. The van der Waals surface area contributed by atoms with E-state index in [1.807, 2.05) is 0 Å². The largest absolute Gasteiger partial charge is 0.354 e. The fourth-order valence-electron chi connectivity index (χ4n) is 2.10. The highest BCUT2D eigenvalue weighted by molar-refractivity contribution is 5.81. The Kier molecular flexibility index (Phi) is 6.03. The molecule has 0 aromatic heterocycles. The molecule has 0 aromatic carbocycles. The minimum atomic E-state index is -0.570. The Hall–Kier alpha value is -1.05. The van der Waals surface area contributed by atoms with Gasteiger partial charge in [-0.25, -0.2) is 0 Å². The van der Waals surface area contributed by atoms with Crippen molar-refractivity contribution in [1.82, 2.24) is 10.2 Å². The molecule has 2 atom stereocenters. The second-order valence-electron chi connectivity index (χ2n) is 4.87. The smallest absolute Gasteiger partial charge is 0.237 e. The minimum absolute atomic E-state index is 0.142. The van der Waals surface area contributed by atoms with E-state index in [-0.39, 0.29) is 5.91 Å². The van der Waals surface area contributed by atoms with Crippen LogP contribution >= 0.6 is 0 Å². The van der Waals surface area contributed by atoms with Crippen LogP contribution in [0.15, 0.2) is 0 Å². The molecule has 4 heteroatoms. The third-order valence-corrected chi connectivity index (χ3v) is 3.07. The van der Waals surface area contributed by atoms with Gasteiger partial charge in [-0.1, -0.05) is 6.92 Å². The van der Waals surface area contributed by atoms with Gasteiger partial charge in [0, 0.05) is 19.5 Å². The molecule has 17 heavy (non-hydrogen) atoms. The van der Waals surface area contributed by atoms with E-state index in [0.717, 1.165) is 6.54 Å². The Morgan fingerprint density at radius 3 is 2.76 bits per heavy atom. The van der Waals surface area contributed by atoms with Gasteiger partial charge in [-0.2, -0.15) is 0 Å². The molecule has 0 aromatic rings. The lowest BCUT2D eigenvalue weighted by molar-refractivity contribution is -0.122. The van der Waals surface area contributed by atoms with Crippen molar-refractivity contribution in [3.8, 4) is 12.3 Å². The molecule has 1 heterocycles. The molecule has 96 valence electrons. The number of amides is 1. The normalized spacial score (nSPS) is 19.6. The first-order chi connectivity index (χ1) is 8.13. The van der Waals surface area contributed by atoms with E-state index in [1.165, 1.54) is 25.9 Å². The maximum absolute atomic E-state index is 11.5. The first kappa shape index (κ1) is 14.0. The molecule has 1 amide bonds. The average molecular weight is 237 g/mol. The fourth-order valence-corrected chi connectivity index (χ4v) is 2.10.